The molecular formula is C20H22N2O. The Balaban J connectivity index is 1.53. The molecule has 3 heteroatoms. The van der Waals surface area contributed by atoms with Crippen molar-refractivity contribution >= 4 is 5.57 Å². The Morgan fingerprint density at radius 2 is 2.35 bits per heavy atom. The molecule has 2 heterocycles. The van der Waals surface area contributed by atoms with Crippen molar-refractivity contribution in [2.24, 2.45) is 0 Å². The normalized spacial score (nSPS) is 23.0. The zero-order chi connectivity index (χ0) is 16.0. The Labute approximate surface area is 138 Å². The van der Waals surface area contributed by atoms with Crippen LogP contribution in [-0.4, -0.2) is 28.6 Å². The van der Waals surface area contributed by atoms with Crippen LogP contribution in [0.4, 0.5) is 0 Å². The van der Waals surface area contributed by atoms with E-state index in [2.05, 4.69) is 53.0 Å². The van der Waals surface area contributed by atoms with E-state index >= 15 is 0 Å². The minimum atomic E-state index is -0.243. The summed E-state index contributed by atoms with van der Waals surface area (Å²) in [6, 6.07) is 5.98. The van der Waals surface area contributed by atoms with E-state index in [1.54, 1.807) is 0 Å². The van der Waals surface area contributed by atoms with Crippen LogP contribution in [0.2, 0.25) is 0 Å². The number of aromatic nitrogens is 1. The number of allylic oxidation sites excluding steroid dienone is 4. The van der Waals surface area contributed by atoms with Gasteiger partial charge in [-0.1, -0.05) is 30.4 Å². The van der Waals surface area contributed by atoms with E-state index in [9.17, 15) is 0 Å². The molecule has 1 aliphatic carbocycles. The van der Waals surface area contributed by atoms with Gasteiger partial charge < -0.3 is 9.64 Å². The van der Waals surface area contributed by atoms with Gasteiger partial charge in [0.25, 0.3) is 0 Å². The molecule has 0 radical (unpaired) electrons. The van der Waals surface area contributed by atoms with Crippen molar-refractivity contribution in [1.82, 2.24) is 9.88 Å². The molecule has 0 spiro atoms. The monoisotopic (exact) mass is 306 g/mol. The Morgan fingerprint density at radius 1 is 1.39 bits per heavy atom. The highest BCUT2D eigenvalue weighted by molar-refractivity contribution is 5.73. The summed E-state index contributed by atoms with van der Waals surface area (Å²) in [5, 5.41) is 0. The highest BCUT2D eigenvalue weighted by atomic mass is 16.5. The summed E-state index contributed by atoms with van der Waals surface area (Å²) in [5.41, 5.74) is 5.08. The van der Waals surface area contributed by atoms with Gasteiger partial charge in [0.15, 0.2) is 0 Å². The molecule has 1 unspecified atom stereocenters. The summed E-state index contributed by atoms with van der Waals surface area (Å²) in [4.78, 5) is 6.50. The summed E-state index contributed by atoms with van der Waals surface area (Å²) >= 11 is 0. The first kappa shape index (κ1) is 15.5. The minimum Gasteiger partial charge on any atom is -0.369 e. The number of hydrogen-bond acceptors (Lipinski definition) is 3. The second-order valence-corrected chi connectivity index (χ2v) is 5.93. The smallest absolute Gasteiger partial charge is 0.0873 e. The van der Waals surface area contributed by atoms with Crippen LogP contribution in [0.15, 0.2) is 72.9 Å². The lowest BCUT2D eigenvalue weighted by Gasteiger charge is -2.29. The Kier molecular flexibility index (Phi) is 4.92. The Bertz CT molecular complexity index is 681. The number of hydrogen-bond donors (Lipinski definition) is 0. The van der Waals surface area contributed by atoms with Crippen LogP contribution in [0.1, 0.15) is 25.5 Å². The Hall–Kier alpha value is -2.35. The molecule has 0 N–H and O–H groups in total. The number of nitrogens with zero attached hydrogens (tertiary/aromatic N) is 2. The number of pyridine rings is 1. The third kappa shape index (κ3) is 4.32. The van der Waals surface area contributed by atoms with Gasteiger partial charge in [0, 0.05) is 25.1 Å². The molecule has 3 rings (SSSR count). The minimum absolute atomic E-state index is 0.243. The second kappa shape index (κ2) is 7.28. The van der Waals surface area contributed by atoms with Gasteiger partial charge in [-0.2, -0.15) is 0 Å². The molecular weight excluding hydrogens is 284 g/mol. The highest BCUT2D eigenvalue weighted by Gasteiger charge is 2.23. The maximum atomic E-state index is 6.11. The zero-order valence-electron chi connectivity index (χ0n) is 13.5. The van der Waals surface area contributed by atoms with Crippen molar-refractivity contribution in [2.45, 2.75) is 25.4 Å². The van der Waals surface area contributed by atoms with Crippen molar-refractivity contribution in [3.63, 3.8) is 0 Å². The third-order valence-corrected chi connectivity index (χ3v) is 3.99. The zero-order valence-corrected chi connectivity index (χ0v) is 13.5. The van der Waals surface area contributed by atoms with Crippen LogP contribution in [0.5, 0.6) is 0 Å². The van der Waals surface area contributed by atoms with Gasteiger partial charge in [-0.15, -0.1) is 5.73 Å². The van der Waals surface area contributed by atoms with Crippen LogP contribution >= 0.6 is 0 Å². The quantitative estimate of drug-likeness (QED) is 0.766. The van der Waals surface area contributed by atoms with Gasteiger partial charge in [-0.25, -0.2) is 0 Å². The maximum absolute atomic E-state index is 6.11. The van der Waals surface area contributed by atoms with E-state index in [1.807, 2.05) is 36.7 Å². The van der Waals surface area contributed by atoms with E-state index in [-0.39, 0.29) is 5.60 Å². The standard InChI is InChI=1S/C20H22N2O/c1-20(23-17-16-22-14-6-2-3-7-15-22)11-9-18(10-12-20)19-8-4-5-13-21-19/h2,4-5,7-11,13-15H,3,12,16-17H2,1H3. The topological polar surface area (TPSA) is 25.4 Å². The molecule has 1 aromatic heterocycles. The molecule has 3 nitrogen and oxygen atoms in total. The first-order valence-corrected chi connectivity index (χ1v) is 8.03. The lowest BCUT2D eigenvalue weighted by atomic mass is 9.92. The summed E-state index contributed by atoms with van der Waals surface area (Å²) in [6.45, 7) is 3.64. The molecule has 23 heavy (non-hydrogen) atoms. The summed E-state index contributed by atoms with van der Waals surface area (Å²) in [5.74, 6) is 0. The van der Waals surface area contributed by atoms with E-state index in [4.69, 9.17) is 4.74 Å². The van der Waals surface area contributed by atoms with E-state index < -0.39 is 0 Å². The van der Waals surface area contributed by atoms with Gasteiger partial charge in [-0.05, 0) is 43.5 Å². The fraction of sp³-hybridized carbons (Fsp3) is 0.300. The van der Waals surface area contributed by atoms with Crippen molar-refractivity contribution in [3.8, 4) is 0 Å². The van der Waals surface area contributed by atoms with Gasteiger partial charge in [0.05, 0.1) is 17.9 Å². The fourth-order valence-corrected chi connectivity index (χ4v) is 2.59. The van der Waals surface area contributed by atoms with Crippen molar-refractivity contribution < 1.29 is 4.74 Å². The fourth-order valence-electron chi connectivity index (χ4n) is 2.59. The largest absolute Gasteiger partial charge is 0.369 e. The van der Waals surface area contributed by atoms with Gasteiger partial charge in [0.2, 0.25) is 0 Å². The van der Waals surface area contributed by atoms with Gasteiger partial charge >= 0.3 is 0 Å². The molecule has 2 aliphatic rings. The first-order valence-electron chi connectivity index (χ1n) is 8.03. The molecule has 1 atom stereocenters. The van der Waals surface area contributed by atoms with Crippen LogP contribution in [0.3, 0.4) is 0 Å². The molecule has 0 fully saturated rings. The molecule has 0 amide bonds. The third-order valence-electron chi connectivity index (χ3n) is 3.99. The molecule has 0 bridgehead atoms. The predicted molar refractivity (Wildman–Crippen MR) is 93.4 cm³/mol. The van der Waals surface area contributed by atoms with Gasteiger partial charge in [0.1, 0.15) is 0 Å². The Morgan fingerprint density at radius 3 is 3.13 bits per heavy atom. The van der Waals surface area contributed by atoms with E-state index in [0.29, 0.717) is 6.61 Å². The molecule has 1 aliphatic heterocycles. The SMILES string of the molecule is CC1(OCCN2C=C=CCC=C2)C=CC(c2ccccn2)=CC1. The molecule has 118 valence electrons. The van der Waals surface area contributed by atoms with E-state index in [1.165, 1.54) is 0 Å². The molecule has 0 saturated heterocycles. The summed E-state index contributed by atoms with van der Waals surface area (Å²) in [7, 11) is 0. The lowest BCUT2D eigenvalue weighted by Crippen LogP contribution is -2.30. The van der Waals surface area contributed by atoms with E-state index in [0.717, 1.165) is 30.7 Å². The van der Waals surface area contributed by atoms with Crippen molar-refractivity contribution in [2.75, 3.05) is 13.2 Å². The second-order valence-electron chi connectivity index (χ2n) is 5.93. The maximum Gasteiger partial charge on any atom is 0.0873 e. The average Bonchev–Trinajstić information content (AvgIpc) is 2.85. The number of ether oxygens (including phenoxy) is 1. The van der Waals surface area contributed by atoms with Crippen LogP contribution in [0, 0.1) is 0 Å². The van der Waals surface area contributed by atoms with Crippen molar-refractivity contribution in [3.05, 3.63) is 78.6 Å². The number of rotatable bonds is 5. The molecule has 0 saturated carbocycles. The predicted octanol–water partition coefficient (Wildman–Crippen LogP) is 4.09. The molecule has 0 aromatic carbocycles. The summed E-state index contributed by atoms with van der Waals surface area (Å²) < 4.78 is 6.11. The van der Waals surface area contributed by atoms with Crippen molar-refractivity contribution in [1.29, 1.82) is 0 Å². The van der Waals surface area contributed by atoms with Gasteiger partial charge in [-0.3, -0.25) is 4.98 Å². The lowest BCUT2D eigenvalue weighted by molar-refractivity contribution is 0.00357. The summed E-state index contributed by atoms with van der Waals surface area (Å²) in [6.07, 6.45) is 18.3. The average molecular weight is 306 g/mol. The first-order chi connectivity index (χ1) is 11.3. The van der Waals surface area contributed by atoms with Crippen LogP contribution < -0.4 is 0 Å². The molecule has 1 aromatic rings. The van der Waals surface area contributed by atoms with Crippen LogP contribution in [0.25, 0.3) is 5.57 Å². The highest BCUT2D eigenvalue weighted by Crippen LogP contribution is 2.28. The van der Waals surface area contributed by atoms with Crippen LogP contribution in [-0.2, 0) is 4.74 Å².